The van der Waals surface area contributed by atoms with Gasteiger partial charge in [-0.1, -0.05) is 6.07 Å². The van der Waals surface area contributed by atoms with Crippen LogP contribution >= 0.6 is 0 Å². The molecule has 3 amide bonds. The molecule has 1 aliphatic heterocycles. The van der Waals surface area contributed by atoms with Gasteiger partial charge < -0.3 is 29.0 Å². The lowest BCUT2D eigenvalue weighted by molar-refractivity contribution is -0.147. The molecule has 10 nitrogen and oxygen atoms in total. The number of benzene rings is 2. The highest BCUT2D eigenvalue weighted by Gasteiger charge is 2.16. The number of anilines is 1. The van der Waals surface area contributed by atoms with E-state index in [1.165, 1.54) is 14.2 Å². The third-order valence-corrected chi connectivity index (χ3v) is 4.08. The van der Waals surface area contributed by atoms with E-state index in [-0.39, 0.29) is 13.2 Å². The lowest BCUT2D eigenvalue weighted by Crippen LogP contribution is -2.37. The largest absolute Gasteiger partial charge is 0.497 e. The van der Waals surface area contributed by atoms with Crippen molar-refractivity contribution in [2.24, 2.45) is 0 Å². The van der Waals surface area contributed by atoms with Gasteiger partial charge >= 0.3 is 12.0 Å². The Morgan fingerprint density at radius 3 is 2.57 bits per heavy atom. The molecule has 3 rings (SSSR count). The third-order valence-electron chi connectivity index (χ3n) is 4.08. The summed E-state index contributed by atoms with van der Waals surface area (Å²) in [5.41, 5.74) is 0.984. The number of ether oxygens (including phenoxy) is 5. The zero-order chi connectivity index (χ0) is 21.5. The minimum atomic E-state index is -0.775. The second-order valence-electron chi connectivity index (χ2n) is 6.09. The van der Waals surface area contributed by atoms with Crippen LogP contribution < -0.4 is 29.6 Å². The number of nitrogens with one attached hydrogen (secondary N) is 2. The van der Waals surface area contributed by atoms with Crippen molar-refractivity contribution in [1.29, 1.82) is 0 Å². The second kappa shape index (κ2) is 9.50. The number of carbonyl (C=O) groups is 3. The van der Waals surface area contributed by atoms with Gasteiger partial charge in [-0.05, 0) is 18.2 Å². The Balaban J connectivity index is 1.45. The van der Waals surface area contributed by atoms with E-state index in [4.69, 9.17) is 23.7 Å². The van der Waals surface area contributed by atoms with Crippen LogP contribution in [0.25, 0.3) is 0 Å². The summed E-state index contributed by atoms with van der Waals surface area (Å²) in [5, 5.41) is 4.55. The second-order valence-corrected chi connectivity index (χ2v) is 6.09. The van der Waals surface area contributed by atoms with Crippen molar-refractivity contribution in [2.45, 2.75) is 6.42 Å². The van der Waals surface area contributed by atoms with Crippen molar-refractivity contribution in [3.05, 3.63) is 42.0 Å². The van der Waals surface area contributed by atoms with Crippen LogP contribution in [0, 0.1) is 0 Å². The summed E-state index contributed by atoms with van der Waals surface area (Å²) in [6.45, 7) is -0.497. The number of imide groups is 1. The first kappa shape index (κ1) is 20.8. The van der Waals surface area contributed by atoms with E-state index in [2.05, 4.69) is 10.6 Å². The maximum absolute atomic E-state index is 12.0. The lowest BCUT2D eigenvalue weighted by Gasteiger charge is -2.10. The Labute approximate surface area is 172 Å². The normalized spacial score (nSPS) is 11.4. The standard InChI is InChI=1S/C20H20N2O8/c1-26-14-5-3-12(16(9-14)27-2)7-19(24)28-10-18(23)22-20(25)21-13-4-6-15-17(8-13)30-11-29-15/h3-6,8-9H,7,10-11H2,1-2H3,(H2,21,22,23,25). The molecule has 0 fully saturated rings. The zero-order valence-electron chi connectivity index (χ0n) is 16.4. The number of hydrogen-bond acceptors (Lipinski definition) is 8. The van der Waals surface area contributed by atoms with Crippen LogP contribution in [0.15, 0.2) is 36.4 Å². The average molecular weight is 416 g/mol. The van der Waals surface area contributed by atoms with E-state index < -0.39 is 24.5 Å². The van der Waals surface area contributed by atoms with Crippen LogP contribution in [0.1, 0.15) is 5.56 Å². The van der Waals surface area contributed by atoms with Gasteiger partial charge in [0.1, 0.15) is 11.5 Å². The number of urea groups is 1. The fourth-order valence-electron chi connectivity index (χ4n) is 2.65. The summed E-state index contributed by atoms with van der Waals surface area (Å²) in [6.07, 6.45) is -0.107. The summed E-state index contributed by atoms with van der Waals surface area (Å²) in [5.74, 6) is 0.670. The summed E-state index contributed by atoms with van der Waals surface area (Å²) >= 11 is 0. The average Bonchev–Trinajstić information content (AvgIpc) is 3.20. The van der Waals surface area contributed by atoms with Crippen molar-refractivity contribution < 1.29 is 38.1 Å². The quantitative estimate of drug-likeness (QED) is 0.656. The fraction of sp³-hybridized carbons (Fsp3) is 0.250. The van der Waals surface area contributed by atoms with Gasteiger partial charge in [0.05, 0.1) is 20.6 Å². The maximum Gasteiger partial charge on any atom is 0.325 e. The molecule has 2 aromatic carbocycles. The number of hydrogen-bond donors (Lipinski definition) is 2. The number of methoxy groups -OCH3 is 2. The van der Waals surface area contributed by atoms with Crippen molar-refractivity contribution in [3.63, 3.8) is 0 Å². The van der Waals surface area contributed by atoms with Gasteiger partial charge in [-0.3, -0.25) is 14.9 Å². The maximum atomic E-state index is 12.0. The summed E-state index contributed by atoms with van der Waals surface area (Å²) in [6, 6.07) is 9.00. The SMILES string of the molecule is COc1ccc(CC(=O)OCC(=O)NC(=O)Nc2ccc3c(c2)OCO3)c(OC)c1. The Morgan fingerprint density at radius 1 is 1.00 bits per heavy atom. The number of amides is 3. The molecule has 0 spiro atoms. The lowest BCUT2D eigenvalue weighted by atomic mass is 10.1. The first-order valence-electron chi connectivity index (χ1n) is 8.85. The highest BCUT2D eigenvalue weighted by molar-refractivity contribution is 6.02. The summed E-state index contributed by atoms with van der Waals surface area (Å²) in [4.78, 5) is 35.8. The van der Waals surface area contributed by atoms with Gasteiger partial charge in [0.25, 0.3) is 5.91 Å². The first-order valence-corrected chi connectivity index (χ1v) is 8.85. The Hall–Kier alpha value is -3.95. The zero-order valence-corrected chi connectivity index (χ0v) is 16.4. The van der Waals surface area contributed by atoms with Crippen molar-refractivity contribution in [3.8, 4) is 23.0 Å². The third kappa shape index (κ3) is 5.31. The van der Waals surface area contributed by atoms with Crippen LogP contribution in [0.5, 0.6) is 23.0 Å². The molecule has 0 atom stereocenters. The Kier molecular flexibility index (Phi) is 6.58. The summed E-state index contributed by atoms with van der Waals surface area (Å²) in [7, 11) is 2.99. The smallest absolute Gasteiger partial charge is 0.325 e. The Bertz CT molecular complexity index is 960. The van der Waals surface area contributed by atoms with E-state index in [1.807, 2.05) is 0 Å². The molecule has 2 aromatic rings. The molecule has 10 heteroatoms. The van der Waals surface area contributed by atoms with Crippen LogP contribution in [-0.4, -0.2) is 45.5 Å². The molecule has 1 heterocycles. The van der Waals surface area contributed by atoms with Gasteiger partial charge in [0.15, 0.2) is 18.1 Å². The van der Waals surface area contributed by atoms with Crippen LogP contribution in [0.4, 0.5) is 10.5 Å². The molecule has 30 heavy (non-hydrogen) atoms. The fourth-order valence-corrected chi connectivity index (χ4v) is 2.65. The highest BCUT2D eigenvalue weighted by atomic mass is 16.7. The molecule has 158 valence electrons. The van der Waals surface area contributed by atoms with E-state index in [0.717, 1.165) is 0 Å². The molecule has 0 saturated heterocycles. The van der Waals surface area contributed by atoms with Crippen molar-refractivity contribution in [2.75, 3.05) is 32.9 Å². The van der Waals surface area contributed by atoms with Gasteiger partial charge in [0.2, 0.25) is 6.79 Å². The van der Waals surface area contributed by atoms with E-state index in [1.54, 1.807) is 36.4 Å². The van der Waals surface area contributed by atoms with E-state index in [9.17, 15) is 14.4 Å². The molecular formula is C20H20N2O8. The molecule has 0 unspecified atom stereocenters. The van der Waals surface area contributed by atoms with E-state index in [0.29, 0.717) is 34.2 Å². The minimum Gasteiger partial charge on any atom is -0.497 e. The molecular weight excluding hydrogens is 396 g/mol. The number of fused-ring (bicyclic) bond motifs is 1. The van der Waals surface area contributed by atoms with Gasteiger partial charge in [-0.15, -0.1) is 0 Å². The van der Waals surface area contributed by atoms with Crippen molar-refractivity contribution >= 4 is 23.6 Å². The highest BCUT2D eigenvalue weighted by Crippen LogP contribution is 2.34. The molecule has 1 aliphatic rings. The van der Waals surface area contributed by atoms with Crippen LogP contribution in [0.2, 0.25) is 0 Å². The molecule has 0 bridgehead atoms. The predicted molar refractivity (Wildman–Crippen MR) is 104 cm³/mol. The van der Waals surface area contributed by atoms with Gasteiger partial charge in [0, 0.05) is 23.4 Å². The molecule has 0 radical (unpaired) electrons. The number of rotatable bonds is 7. The number of carbonyl (C=O) groups excluding carboxylic acids is 3. The number of esters is 1. The predicted octanol–water partition coefficient (Wildman–Crippen LogP) is 1.87. The first-order chi connectivity index (χ1) is 14.5. The van der Waals surface area contributed by atoms with Crippen LogP contribution in [0.3, 0.4) is 0 Å². The molecule has 0 aliphatic carbocycles. The molecule has 2 N–H and O–H groups in total. The monoisotopic (exact) mass is 416 g/mol. The van der Waals surface area contributed by atoms with Crippen LogP contribution in [-0.2, 0) is 20.7 Å². The minimum absolute atomic E-state index is 0.107. The van der Waals surface area contributed by atoms with E-state index >= 15 is 0 Å². The van der Waals surface area contributed by atoms with Gasteiger partial charge in [-0.2, -0.15) is 0 Å². The Morgan fingerprint density at radius 2 is 1.80 bits per heavy atom. The topological polar surface area (TPSA) is 121 Å². The van der Waals surface area contributed by atoms with Gasteiger partial charge in [-0.25, -0.2) is 4.79 Å². The molecule has 0 saturated carbocycles. The summed E-state index contributed by atoms with van der Waals surface area (Å²) < 4.78 is 25.6. The van der Waals surface area contributed by atoms with Crippen molar-refractivity contribution in [1.82, 2.24) is 5.32 Å². The molecule has 0 aromatic heterocycles.